The topological polar surface area (TPSA) is 45.7 Å². The van der Waals surface area contributed by atoms with Crippen LogP contribution in [0.1, 0.15) is 29.6 Å². The Hall–Kier alpha value is -2.14. The summed E-state index contributed by atoms with van der Waals surface area (Å²) < 4.78 is 5.29. The molecule has 0 bridgehead atoms. The lowest BCUT2D eigenvalue weighted by atomic mass is 10.1. The predicted octanol–water partition coefficient (Wildman–Crippen LogP) is 2.80. The number of rotatable bonds is 3. The van der Waals surface area contributed by atoms with E-state index in [9.17, 15) is 4.79 Å². The van der Waals surface area contributed by atoms with Gasteiger partial charge in [-0.2, -0.15) is 0 Å². The minimum atomic E-state index is 0.0753. The quantitative estimate of drug-likeness (QED) is 0.870. The van der Waals surface area contributed by atoms with Crippen molar-refractivity contribution < 1.29 is 9.53 Å². The van der Waals surface area contributed by atoms with E-state index in [1.807, 2.05) is 29.2 Å². The van der Waals surface area contributed by atoms with Crippen molar-refractivity contribution in [3.8, 4) is 5.88 Å². The van der Waals surface area contributed by atoms with Gasteiger partial charge >= 0.3 is 0 Å². The first kappa shape index (κ1) is 16.7. The first-order valence-electron chi connectivity index (χ1n) is 8.49. The van der Waals surface area contributed by atoms with E-state index >= 15 is 0 Å². The monoisotopic (exact) mass is 327 g/mol. The zero-order valence-electron chi connectivity index (χ0n) is 14.7. The molecule has 1 saturated heterocycles. The van der Waals surface area contributed by atoms with E-state index in [-0.39, 0.29) is 5.91 Å². The van der Waals surface area contributed by atoms with Gasteiger partial charge in [0.15, 0.2) is 0 Å². The number of methoxy groups -OCH3 is 1. The number of hydrogen-bond acceptors (Lipinski definition) is 4. The van der Waals surface area contributed by atoms with E-state index in [0.29, 0.717) is 17.5 Å². The predicted molar refractivity (Wildman–Crippen MR) is 95.5 cm³/mol. The van der Waals surface area contributed by atoms with Crippen molar-refractivity contribution in [3.05, 3.63) is 35.9 Å². The fraction of sp³-hybridized carbons (Fsp3) is 0.474. The Bertz CT molecular complexity index is 730. The molecule has 0 unspecified atom stereocenters. The summed E-state index contributed by atoms with van der Waals surface area (Å²) in [5, 5.41) is 0.886. The summed E-state index contributed by atoms with van der Waals surface area (Å²) >= 11 is 0. The van der Waals surface area contributed by atoms with Gasteiger partial charge in [0.1, 0.15) is 0 Å². The molecule has 2 heterocycles. The van der Waals surface area contributed by atoms with E-state index in [2.05, 4.69) is 24.0 Å². The van der Waals surface area contributed by atoms with Gasteiger partial charge in [0, 0.05) is 30.6 Å². The molecule has 5 heteroatoms. The summed E-state index contributed by atoms with van der Waals surface area (Å²) in [5.74, 6) is 0.560. The Morgan fingerprint density at radius 1 is 1.25 bits per heavy atom. The number of pyridine rings is 1. The lowest BCUT2D eigenvalue weighted by molar-refractivity contribution is 0.0760. The second-order valence-electron chi connectivity index (χ2n) is 6.57. The van der Waals surface area contributed by atoms with E-state index in [1.54, 1.807) is 13.2 Å². The largest absolute Gasteiger partial charge is 0.481 e. The third-order valence-corrected chi connectivity index (χ3v) is 4.85. The molecule has 1 amide bonds. The number of benzene rings is 1. The van der Waals surface area contributed by atoms with Crippen molar-refractivity contribution in [2.45, 2.75) is 25.3 Å². The van der Waals surface area contributed by atoms with Crippen molar-refractivity contribution in [3.63, 3.8) is 0 Å². The number of hydrogen-bond donors (Lipinski definition) is 0. The number of carbonyl (C=O) groups is 1. The number of amides is 1. The Labute approximate surface area is 143 Å². The molecule has 1 fully saturated rings. The number of carbonyl (C=O) groups excluding carboxylic acids is 1. The highest BCUT2D eigenvalue weighted by Crippen LogP contribution is 2.24. The first-order valence-corrected chi connectivity index (χ1v) is 8.49. The maximum Gasteiger partial charge on any atom is 0.254 e. The van der Waals surface area contributed by atoms with Crippen LogP contribution in [0.4, 0.5) is 0 Å². The van der Waals surface area contributed by atoms with Crippen molar-refractivity contribution >= 4 is 16.8 Å². The molecule has 1 aromatic carbocycles. The summed E-state index contributed by atoms with van der Waals surface area (Å²) in [4.78, 5) is 21.8. The van der Waals surface area contributed by atoms with Crippen LogP contribution in [0.5, 0.6) is 5.88 Å². The smallest absolute Gasteiger partial charge is 0.254 e. The number of ether oxygens (including phenoxy) is 1. The molecule has 0 saturated carbocycles. The molecule has 24 heavy (non-hydrogen) atoms. The molecule has 3 rings (SSSR count). The van der Waals surface area contributed by atoms with Crippen LogP contribution in [-0.2, 0) is 0 Å². The van der Waals surface area contributed by atoms with Crippen LogP contribution in [-0.4, -0.2) is 61.0 Å². The van der Waals surface area contributed by atoms with Gasteiger partial charge in [-0.25, -0.2) is 4.98 Å². The van der Waals surface area contributed by atoms with Gasteiger partial charge < -0.3 is 14.5 Å². The van der Waals surface area contributed by atoms with Gasteiger partial charge in [-0.05, 0) is 39.4 Å². The number of likely N-dealkylation sites (tertiary alicyclic amines) is 1. The van der Waals surface area contributed by atoms with Crippen LogP contribution in [0.3, 0.4) is 0 Å². The molecule has 1 aliphatic heterocycles. The van der Waals surface area contributed by atoms with Gasteiger partial charge in [0.05, 0.1) is 18.2 Å². The zero-order valence-corrected chi connectivity index (χ0v) is 14.7. The average molecular weight is 327 g/mol. The molecular weight excluding hydrogens is 302 g/mol. The maximum atomic E-state index is 13.1. The third kappa shape index (κ3) is 3.36. The van der Waals surface area contributed by atoms with Crippen LogP contribution in [0, 0.1) is 0 Å². The lowest BCUT2D eigenvalue weighted by Crippen LogP contribution is -2.34. The van der Waals surface area contributed by atoms with E-state index in [1.165, 1.54) is 0 Å². The second-order valence-corrected chi connectivity index (χ2v) is 6.57. The van der Waals surface area contributed by atoms with Gasteiger partial charge in [-0.15, -0.1) is 0 Å². The first-order chi connectivity index (χ1) is 11.6. The van der Waals surface area contributed by atoms with Gasteiger partial charge in [0.25, 0.3) is 5.91 Å². The average Bonchev–Trinajstić information content (AvgIpc) is 2.86. The molecule has 0 radical (unpaired) electrons. The summed E-state index contributed by atoms with van der Waals surface area (Å²) in [6, 6.07) is 10.0. The fourth-order valence-corrected chi connectivity index (χ4v) is 3.40. The Balaban J connectivity index is 1.91. The number of fused-ring (bicyclic) bond motifs is 1. The highest BCUT2D eigenvalue weighted by molar-refractivity contribution is 6.06. The highest BCUT2D eigenvalue weighted by atomic mass is 16.5. The number of nitrogens with zero attached hydrogens (tertiary/aromatic N) is 3. The molecule has 0 N–H and O–H groups in total. The highest BCUT2D eigenvalue weighted by Gasteiger charge is 2.24. The van der Waals surface area contributed by atoms with Crippen molar-refractivity contribution in [2.75, 3.05) is 34.3 Å². The molecule has 0 spiro atoms. The summed E-state index contributed by atoms with van der Waals surface area (Å²) in [5.41, 5.74) is 1.47. The molecular formula is C19H25N3O2. The number of aromatic nitrogens is 1. The Kier molecular flexibility index (Phi) is 5.00. The van der Waals surface area contributed by atoms with Crippen LogP contribution in [0.15, 0.2) is 30.3 Å². The van der Waals surface area contributed by atoms with Gasteiger partial charge in [-0.1, -0.05) is 18.2 Å². The van der Waals surface area contributed by atoms with E-state index in [4.69, 9.17) is 4.74 Å². The molecule has 2 aromatic rings. The standard InChI is InChI=1S/C19H25N3O2/c1-21(2)14-7-6-11-22(12-10-14)19(23)16-13-18(24-3)20-17-9-5-4-8-15(16)17/h4-5,8-9,13-14H,6-7,10-12H2,1-3H3/t14-/m1/s1. The fourth-order valence-electron chi connectivity index (χ4n) is 3.40. The molecule has 1 atom stereocenters. The van der Waals surface area contributed by atoms with Crippen LogP contribution >= 0.6 is 0 Å². The minimum absolute atomic E-state index is 0.0753. The van der Waals surface area contributed by atoms with Crippen LogP contribution in [0.2, 0.25) is 0 Å². The SMILES string of the molecule is COc1cc(C(=O)N2CCC[C@@H](N(C)C)CC2)c2ccccc2n1. The zero-order chi connectivity index (χ0) is 17.1. The summed E-state index contributed by atoms with van der Waals surface area (Å²) in [6.45, 7) is 1.60. The van der Waals surface area contributed by atoms with E-state index < -0.39 is 0 Å². The second kappa shape index (κ2) is 7.18. The summed E-state index contributed by atoms with van der Waals surface area (Å²) in [7, 11) is 5.81. The maximum absolute atomic E-state index is 13.1. The molecule has 0 aliphatic carbocycles. The van der Waals surface area contributed by atoms with Crippen molar-refractivity contribution in [1.29, 1.82) is 0 Å². The normalized spacial score (nSPS) is 18.7. The minimum Gasteiger partial charge on any atom is -0.481 e. The van der Waals surface area contributed by atoms with Gasteiger partial charge in [-0.3, -0.25) is 4.79 Å². The summed E-state index contributed by atoms with van der Waals surface area (Å²) in [6.07, 6.45) is 3.19. The van der Waals surface area contributed by atoms with Crippen LogP contribution < -0.4 is 4.74 Å². The lowest BCUT2D eigenvalue weighted by Gasteiger charge is -2.24. The van der Waals surface area contributed by atoms with Crippen molar-refractivity contribution in [2.24, 2.45) is 0 Å². The Morgan fingerprint density at radius 2 is 2.04 bits per heavy atom. The number of para-hydroxylation sites is 1. The molecule has 5 nitrogen and oxygen atoms in total. The third-order valence-electron chi connectivity index (χ3n) is 4.85. The molecule has 128 valence electrons. The molecule has 1 aromatic heterocycles. The van der Waals surface area contributed by atoms with Gasteiger partial charge in [0.2, 0.25) is 5.88 Å². The Morgan fingerprint density at radius 3 is 2.79 bits per heavy atom. The molecule has 1 aliphatic rings. The van der Waals surface area contributed by atoms with Crippen LogP contribution in [0.25, 0.3) is 10.9 Å². The van der Waals surface area contributed by atoms with E-state index in [0.717, 1.165) is 43.3 Å². The van der Waals surface area contributed by atoms with Crippen molar-refractivity contribution in [1.82, 2.24) is 14.8 Å².